The fraction of sp³-hybridized carbons (Fsp3) is 0. The van der Waals surface area contributed by atoms with Crippen molar-refractivity contribution in [3.05, 3.63) is 93.0 Å². The molecule has 0 N–H and O–H groups in total. The molecule has 0 unspecified atom stereocenters. The summed E-state index contributed by atoms with van der Waals surface area (Å²) in [4.78, 5) is 21.2. The van der Waals surface area contributed by atoms with E-state index in [1.807, 2.05) is 30.3 Å². The van der Waals surface area contributed by atoms with Crippen molar-refractivity contribution < 1.29 is 9.85 Å². The number of non-ortho nitro benzene ring substituents is 1. The maximum atomic E-state index is 11.3. The molecule has 6 nitrogen and oxygen atoms in total. The summed E-state index contributed by atoms with van der Waals surface area (Å²) in [5.74, 6) is 0. The first-order valence-corrected chi connectivity index (χ1v) is 7.15. The van der Waals surface area contributed by atoms with Gasteiger partial charge in [-0.3, -0.25) is 20.2 Å². The van der Waals surface area contributed by atoms with Gasteiger partial charge >= 0.3 is 0 Å². The van der Waals surface area contributed by atoms with Crippen molar-refractivity contribution >= 4 is 11.4 Å². The molecule has 3 aromatic carbocycles. The molecule has 0 fully saturated rings. The van der Waals surface area contributed by atoms with Crippen LogP contribution in [0.2, 0.25) is 0 Å². The Morgan fingerprint density at radius 3 is 1.83 bits per heavy atom. The highest BCUT2D eigenvalue weighted by atomic mass is 16.6. The molecule has 0 bridgehead atoms. The van der Waals surface area contributed by atoms with Crippen LogP contribution in [0.3, 0.4) is 0 Å². The van der Waals surface area contributed by atoms with E-state index in [0.29, 0.717) is 5.56 Å². The molecule has 0 saturated carbocycles. The number of nitro groups is 2. The van der Waals surface area contributed by atoms with Gasteiger partial charge in [0.2, 0.25) is 0 Å². The van der Waals surface area contributed by atoms with Crippen LogP contribution in [0.5, 0.6) is 0 Å². The molecule has 0 aromatic heterocycles. The minimum atomic E-state index is -0.463. The van der Waals surface area contributed by atoms with E-state index in [0.717, 1.165) is 16.7 Å². The lowest BCUT2D eigenvalue weighted by molar-refractivity contribution is -0.384. The van der Waals surface area contributed by atoms with E-state index < -0.39 is 9.85 Å². The lowest BCUT2D eigenvalue weighted by Crippen LogP contribution is -1.93. The van der Waals surface area contributed by atoms with Crippen molar-refractivity contribution in [2.75, 3.05) is 0 Å². The second-order valence-electron chi connectivity index (χ2n) is 5.16. The third-order valence-corrected chi connectivity index (χ3v) is 3.69. The van der Waals surface area contributed by atoms with Crippen molar-refractivity contribution in [3.8, 4) is 22.3 Å². The van der Waals surface area contributed by atoms with E-state index in [1.165, 1.54) is 18.2 Å². The van der Waals surface area contributed by atoms with Gasteiger partial charge in [-0.2, -0.15) is 0 Å². The zero-order valence-electron chi connectivity index (χ0n) is 12.5. The standard InChI is InChI=1S/C18H12N2O4/c21-19(22)16-9-6-13(7-10-16)15-8-11-18(20(23)24)17(12-15)14-4-2-1-3-5-14/h1-12H. The molecular formula is C18H12N2O4. The first-order chi connectivity index (χ1) is 11.6. The molecule has 6 heteroatoms. The monoisotopic (exact) mass is 320 g/mol. The van der Waals surface area contributed by atoms with E-state index in [-0.39, 0.29) is 11.4 Å². The van der Waals surface area contributed by atoms with Gasteiger partial charge in [0.15, 0.2) is 0 Å². The quantitative estimate of drug-likeness (QED) is 0.508. The summed E-state index contributed by atoms with van der Waals surface area (Å²) in [7, 11) is 0. The Hall–Kier alpha value is -3.54. The third-order valence-electron chi connectivity index (χ3n) is 3.69. The molecule has 0 spiro atoms. The van der Waals surface area contributed by atoms with E-state index in [4.69, 9.17) is 0 Å². The Balaban J connectivity index is 2.10. The van der Waals surface area contributed by atoms with Crippen molar-refractivity contribution in [1.82, 2.24) is 0 Å². The number of benzene rings is 3. The van der Waals surface area contributed by atoms with E-state index >= 15 is 0 Å². The minimum Gasteiger partial charge on any atom is -0.258 e. The highest BCUT2D eigenvalue weighted by Gasteiger charge is 2.16. The van der Waals surface area contributed by atoms with Crippen molar-refractivity contribution in [3.63, 3.8) is 0 Å². The summed E-state index contributed by atoms with van der Waals surface area (Å²) in [5, 5.41) is 22.0. The fourth-order valence-electron chi connectivity index (χ4n) is 2.50. The van der Waals surface area contributed by atoms with Crippen LogP contribution >= 0.6 is 0 Å². The molecular weight excluding hydrogens is 308 g/mol. The first-order valence-electron chi connectivity index (χ1n) is 7.15. The van der Waals surface area contributed by atoms with Crippen molar-refractivity contribution in [2.45, 2.75) is 0 Å². The Morgan fingerprint density at radius 2 is 1.25 bits per heavy atom. The number of hydrogen-bond acceptors (Lipinski definition) is 4. The number of nitro benzene ring substituents is 2. The molecule has 0 aliphatic heterocycles. The average molecular weight is 320 g/mol. The molecule has 0 amide bonds. The predicted octanol–water partition coefficient (Wildman–Crippen LogP) is 4.84. The van der Waals surface area contributed by atoms with Crippen molar-refractivity contribution in [2.24, 2.45) is 0 Å². The Bertz CT molecular complexity index is 906. The molecule has 0 heterocycles. The minimum absolute atomic E-state index is 0.00365. The highest BCUT2D eigenvalue weighted by molar-refractivity contribution is 5.80. The maximum absolute atomic E-state index is 11.3. The summed E-state index contributed by atoms with van der Waals surface area (Å²) < 4.78 is 0. The molecule has 3 aromatic rings. The molecule has 0 atom stereocenters. The summed E-state index contributed by atoms with van der Waals surface area (Å²) in [6.45, 7) is 0. The Kier molecular flexibility index (Phi) is 4.03. The van der Waals surface area contributed by atoms with E-state index in [9.17, 15) is 20.2 Å². The normalized spacial score (nSPS) is 10.3. The number of nitrogens with zero attached hydrogens (tertiary/aromatic N) is 2. The average Bonchev–Trinajstić information content (AvgIpc) is 2.62. The van der Waals surface area contributed by atoms with Crippen LogP contribution in [0.15, 0.2) is 72.8 Å². The van der Waals surface area contributed by atoms with Gasteiger partial charge in [-0.15, -0.1) is 0 Å². The summed E-state index contributed by atoms with van der Waals surface area (Å²) in [6.07, 6.45) is 0. The summed E-state index contributed by atoms with van der Waals surface area (Å²) in [6, 6.07) is 20.0. The van der Waals surface area contributed by atoms with Crippen molar-refractivity contribution in [1.29, 1.82) is 0 Å². The van der Waals surface area contributed by atoms with Crippen LogP contribution in [0.4, 0.5) is 11.4 Å². The zero-order chi connectivity index (χ0) is 17.1. The molecule has 118 valence electrons. The van der Waals surface area contributed by atoms with Gasteiger partial charge in [0.25, 0.3) is 11.4 Å². The van der Waals surface area contributed by atoms with Gasteiger partial charge in [0.05, 0.1) is 15.4 Å². The molecule has 0 saturated heterocycles. The van der Waals surface area contributed by atoms with Gasteiger partial charge in [-0.05, 0) is 41.0 Å². The maximum Gasteiger partial charge on any atom is 0.277 e. The molecule has 3 rings (SSSR count). The Morgan fingerprint density at radius 1 is 0.625 bits per heavy atom. The van der Waals surface area contributed by atoms with Gasteiger partial charge < -0.3 is 0 Å². The van der Waals surface area contributed by atoms with Crippen LogP contribution in [-0.4, -0.2) is 9.85 Å². The van der Waals surface area contributed by atoms with Crippen LogP contribution in [0.1, 0.15) is 0 Å². The predicted molar refractivity (Wildman–Crippen MR) is 90.6 cm³/mol. The molecule has 0 radical (unpaired) electrons. The van der Waals surface area contributed by atoms with Gasteiger partial charge in [-0.1, -0.05) is 30.3 Å². The second kappa shape index (κ2) is 6.29. The number of hydrogen-bond donors (Lipinski definition) is 0. The van der Waals surface area contributed by atoms with E-state index in [1.54, 1.807) is 24.3 Å². The van der Waals surface area contributed by atoms with Gasteiger partial charge in [0.1, 0.15) is 0 Å². The smallest absolute Gasteiger partial charge is 0.258 e. The van der Waals surface area contributed by atoms with Gasteiger partial charge in [-0.25, -0.2) is 0 Å². The summed E-state index contributed by atoms with van der Waals surface area (Å²) in [5.41, 5.74) is 2.79. The largest absolute Gasteiger partial charge is 0.277 e. The van der Waals surface area contributed by atoms with Crippen LogP contribution in [0.25, 0.3) is 22.3 Å². The van der Waals surface area contributed by atoms with Gasteiger partial charge in [0, 0.05) is 18.2 Å². The van der Waals surface area contributed by atoms with Crippen LogP contribution < -0.4 is 0 Å². The molecule has 0 aliphatic rings. The topological polar surface area (TPSA) is 86.3 Å². The molecule has 0 aliphatic carbocycles. The first kappa shape index (κ1) is 15.4. The van der Waals surface area contributed by atoms with Crippen LogP contribution in [0, 0.1) is 20.2 Å². The second-order valence-corrected chi connectivity index (χ2v) is 5.16. The SMILES string of the molecule is O=[N+]([O-])c1ccc(-c2ccc([N+](=O)[O-])c(-c3ccccc3)c2)cc1. The zero-order valence-corrected chi connectivity index (χ0v) is 12.5. The van der Waals surface area contributed by atoms with E-state index in [2.05, 4.69) is 0 Å². The lowest BCUT2D eigenvalue weighted by atomic mass is 9.97. The lowest BCUT2D eigenvalue weighted by Gasteiger charge is -2.07. The number of rotatable bonds is 4. The molecule has 24 heavy (non-hydrogen) atoms. The summed E-state index contributed by atoms with van der Waals surface area (Å²) >= 11 is 0. The highest BCUT2D eigenvalue weighted by Crippen LogP contribution is 2.34. The fourth-order valence-corrected chi connectivity index (χ4v) is 2.50. The van der Waals surface area contributed by atoms with Crippen LogP contribution in [-0.2, 0) is 0 Å². The third kappa shape index (κ3) is 2.98. The Labute approximate surface area is 137 Å².